The molecular weight excluding hydrogens is 518 g/mol. The number of ether oxygens (including phenoxy) is 2. The molecule has 40 heavy (non-hydrogen) atoms. The fourth-order valence-corrected chi connectivity index (χ4v) is 4.11. The third kappa shape index (κ3) is 8.17. The van der Waals surface area contributed by atoms with Crippen LogP contribution >= 0.6 is 0 Å². The van der Waals surface area contributed by atoms with Crippen molar-refractivity contribution < 1.29 is 28.7 Å². The van der Waals surface area contributed by atoms with Crippen molar-refractivity contribution in [1.29, 1.82) is 0 Å². The van der Waals surface area contributed by atoms with Crippen LogP contribution in [0.15, 0.2) is 24.4 Å². The highest BCUT2D eigenvalue weighted by Crippen LogP contribution is 2.28. The molecule has 1 aromatic heterocycles. The minimum atomic E-state index is -0.918. The number of amides is 4. The molecule has 0 saturated heterocycles. The number of aromatic nitrogens is 3. The first-order valence-corrected chi connectivity index (χ1v) is 13.5. The van der Waals surface area contributed by atoms with Crippen LogP contribution in [-0.4, -0.2) is 70.5 Å². The molecule has 0 fully saturated rings. The SMILES string of the molecule is CCCC[C@@H]1NC(=O)c2ccc(c(OC)c2)OCCn2cc(nn2)CNC(=O)[C@@H](C)NC(=O)[C@H](C(C)C)NC1=O. The minimum absolute atomic E-state index is 0.123. The van der Waals surface area contributed by atoms with Gasteiger partial charge in [-0.3, -0.25) is 19.2 Å². The molecule has 0 unspecified atom stereocenters. The summed E-state index contributed by atoms with van der Waals surface area (Å²) in [4.78, 5) is 52.2. The molecule has 0 radical (unpaired) electrons. The maximum atomic E-state index is 13.3. The summed E-state index contributed by atoms with van der Waals surface area (Å²) in [6.07, 6.45) is 3.58. The molecule has 4 amide bonds. The van der Waals surface area contributed by atoms with Crippen LogP contribution in [0, 0.1) is 5.92 Å². The largest absolute Gasteiger partial charge is 0.493 e. The number of carbonyl (C=O) groups is 4. The molecule has 1 aromatic carbocycles. The number of hydrogen-bond acceptors (Lipinski definition) is 8. The van der Waals surface area contributed by atoms with Gasteiger partial charge in [-0.1, -0.05) is 38.8 Å². The number of benzene rings is 1. The number of nitrogens with zero attached hydrogens (tertiary/aromatic N) is 3. The van der Waals surface area contributed by atoms with Gasteiger partial charge in [0.1, 0.15) is 30.4 Å². The van der Waals surface area contributed by atoms with Crippen LogP contribution in [0.1, 0.15) is 63.0 Å². The molecule has 4 rings (SSSR count). The van der Waals surface area contributed by atoms with Crippen LogP contribution < -0.4 is 30.7 Å². The first-order chi connectivity index (χ1) is 19.1. The molecule has 13 nitrogen and oxygen atoms in total. The Hall–Kier alpha value is -4.16. The van der Waals surface area contributed by atoms with Gasteiger partial charge in [0, 0.05) is 5.56 Å². The third-order valence-corrected chi connectivity index (χ3v) is 6.50. The van der Waals surface area contributed by atoms with Gasteiger partial charge in [0.2, 0.25) is 17.7 Å². The number of fused-ring (bicyclic) bond motifs is 15. The van der Waals surface area contributed by atoms with Crippen molar-refractivity contribution in [3.05, 3.63) is 35.7 Å². The van der Waals surface area contributed by atoms with Crippen molar-refractivity contribution >= 4 is 23.6 Å². The molecule has 13 heteroatoms. The van der Waals surface area contributed by atoms with Crippen LogP contribution in [0.5, 0.6) is 11.5 Å². The van der Waals surface area contributed by atoms with Crippen molar-refractivity contribution in [2.75, 3.05) is 13.7 Å². The summed E-state index contributed by atoms with van der Waals surface area (Å²) >= 11 is 0. The van der Waals surface area contributed by atoms with Crippen molar-refractivity contribution in [3.63, 3.8) is 0 Å². The summed E-state index contributed by atoms with van der Waals surface area (Å²) in [5.74, 6) is -1.34. The summed E-state index contributed by atoms with van der Waals surface area (Å²) < 4.78 is 12.9. The van der Waals surface area contributed by atoms with Crippen molar-refractivity contribution in [2.24, 2.45) is 5.92 Å². The minimum Gasteiger partial charge on any atom is -0.493 e. The lowest BCUT2D eigenvalue weighted by molar-refractivity contribution is -0.133. The van der Waals surface area contributed by atoms with Gasteiger partial charge in [0.05, 0.1) is 26.4 Å². The standard InChI is InChI=1S/C27H39N7O6/c1-6-7-8-20-26(37)31-23(16(2)3)27(38)29-17(4)24(35)28-14-19-15-34(33-32-19)11-12-40-21-10-9-18(25(36)30-20)13-22(21)39-5/h9-10,13,15-17,20,23H,6-8,11-12,14H2,1-5H3,(H,28,35)(H,29,38)(H,30,36)(H,31,37)/t17-,20+,23+/m1/s1. The van der Waals surface area contributed by atoms with E-state index in [9.17, 15) is 19.2 Å². The van der Waals surface area contributed by atoms with E-state index < -0.39 is 41.8 Å². The Balaban J connectivity index is 1.90. The van der Waals surface area contributed by atoms with E-state index in [1.54, 1.807) is 49.8 Å². The van der Waals surface area contributed by atoms with E-state index in [0.717, 1.165) is 6.42 Å². The number of unbranched alkanes of at least 4 members (excludes halogenated alkanes) is 1. The molecule has 4 N–H and O–H groups in total. The van der Waals surface area contributed by atoms with Crippen LogP contribution in [-0.2, 0) is 27.5 Å². The number of carbonyl (C=O) groups excluding carboxylic acids is 4. The second-order valence-corrected chi connectivity index (χ2v) is 10.0. The topological polar surface area (TPSA) is 166 Å². The van der Waals surface area contributed by atoms with Gasteiger partial charge in [-0.15, -0.1) is 5.10 Å². The van der Waals surface area contributed by atoms with E-state index in [2.05, 4.69) is 31.6 Å². The lowest BCUT2D eigenvalue weighted by atomic mass is 10.0. The number of methoxy groups -OCH3 is 1. The lowest BCUT2D eigenvalue weighted by Crippen LogP contribution is -2.57. The smallest absolute Gasteiger partial charge is 0.252 e. The summed E-state index contributed by atoms with van der Waals surface area (Å²) in [7, 11) is 1.47. The van der Waals surface area contributed by atoms with E-state index >= 15 is 0 Å². The number of hydrogen-bond donors (Lipinski definition) is 4. The highest BCUT2D eigenvalue weighted by atomic mass is 16.5. The zero-order valence-corrected chi connectivity index (χ0v) is 23.7. The van der Waals surface area contributed by atoms with E-state index in [-0.39, 0.29) is 19.1 Å². The second kappa shape index (κ2) is 14.3. The Morgan fingerprint density at radius 1 is 1.10 bits per heavy atom. The Morgan fingerprint density at radius 3 is 2.58 bits per heavy atom. The van der Waals surface area contributed by atoms with Crippen molar-refractivity contribution in [2.45, 2.75) is 78.2 Å². The van der Waals surface area contributed by atoms with E-state index in [1.807, 2.05) is 6.92 Å². The van der Waals surface area contributed by atoms with Crippen LogP contribution in [0.25, 0.3) is 0 Å². The lowest BCUT2D eigenvalue weighted by Gasteiger charge is -2.26. The van der Waals surface area contributed by atoms with Crippen molar-refractivity contribution in [3.8, 4) is 11.5 Å². The molecule has 0 saturated carbocycles. The Labute approximate surface area is 233 Å². The van der Waals surface area contributed by atoms with Gasteiger partial charge in [0.25, 0.3) is 5.91 Å². The predicted molar refractivity (Wildman–Crippen MR) is 146 cm³/mol. The molecular formula is C27H39N7O6. The maximum absolute atomic E-state index is 13.3. The van der Waals surface area contributed by atoms with Gasteiger partial charge in [-0.05, 0) is 37.5 Å². The van der Waals surface area contributed by atoms with Crippen LogP contribution in [0.3, 0.4) is 0 Å². The molecule has 2 aliphatic rings. The van der Waals surface area contributed by atoms with Crippen LogP contribution in [0.4, 0.5) is 0 Å². The van der Waals surface area contributed by atoms with Gasteiger partial charge >= 0.3 is 0 Å². The van der Waals surface area contributed by atoms with Gasteiger partial charge in [-0.2, -0.15) is 0 Å². The molecule has 0 aliphatic carbocycles. The predicted octanol–water partition coefficient (Wildman–Crippen LogP) is 0.930. The average molecular weight is 558 g/mol. The Kier molecular flexibility index (Phi) is 10.9. The zero-order valence-electron chi connectivity index (χ0n) is 23.7. The van der Waals surface area contributed by atoms with Gasteiger partial charge in [-0.25, -0.2) is 4.68 Å². The first-order valence-electron chi connectivity index (χ1n) is 13.5. The monoisotopic (exact) mass is 557 g/mol. The fourth-order valence-electron chi connectivity index (χ4n) is 4.11. The summed E-state index contributed by atoms with van der Waals surface area (Å²) in [5, 5.41) is 19.1. The van der Waals surface area contributed by atoms with Crippen molar-refractivity contribution in [1.82, 2.24) is 36.3 Å². The normalized spacial score (nSPS) is 21.3. The first kappa shape index (κ1) is 30.4. The van der Waals surface area contributed by atoms with E-state index in [4.69, 9.17) is 9.47 Å². The molecule has 4 bridgehead atoms. The highest BCUT2D eigenvalue weighted by molar-refractivity contribution is 5.99. The molecule has 2 aliphatic heterocycles. The highest BCUT2D eigenvalue weighted by Gasteiger charge is 2.30. The molecule has 3 heterocycles. The molecule has 3 atom stereocenters. The van der Waals surface area contributed by atoms with Crippen LogP contribution in [0.2, 0.25) is 0 Å². The summed E-state index contributed by atoms with van der Waals surface area (Å²) in [6, 6.07) is 2.12. The maximum Gasteiger partial charge on any atom is 0.252 e. The molecule has 218 valence electrons. The summed E-state index contributed by atoms with van der Waals surface area (Å²) in [5.41, 5.74) is 0.826. The Bertz CT molecular complexity index is 1200. The van der Waals surface area contributed by atoms with Gasteiger partial charge in [0.15, 0.2) is 11.5 Å². The zero-order chi connectivity index (χ0) is 29.2. The second-order valence-electron chi connectivity index (χ2n) is 10.0. The quantitative estimate of drug-likeness (QED) is 0.394. The third-order valence-electron chi connectivity index (χ3n) is 6.50. The summed E-state index contributed by atoms with van der Waals surface area (Å²) in [6.45, 7) is 7.87. The number of rotatable bonds is 5. The fraction of sp³-hybridized carbons (Fsp3) is 0.556. The average Bonchev–Trinajstić information content (AvgIpc) is 3.39. The molecule has 2 aromatic rings. The number of nitrogens with one attached hydrogen (secondary N) is 4. The Morgan fingerprint density at radius 2 is 1.88 bits per heavy atom. The van der Waals surface area contributed by atoms with E-state index in [0.29, 0.717) is 42.1 Å². The van der Waals surface area contributed by atoms with E-state index in [1.165, 1.54) is 7.11 Å². The van der Waals surface area contributed by atoms with Gasteiger partial charge < -0.3 is 30.7 Å². The molecule has 0 spiro atoms.